The molecule has 38 heavy (non-hydrogen) atoms. The fourth-order valence-electron chi connectivity index (χ4n) is 5.60. The van der Waals surface area contributed by atoms with Gasteiger partial charge in [-0.3, -0.25) is 9.69 Å². The number of likely N-dealkylation sites (N-methyl/N-ethyl adjacent to an activating group) is 1. The van der Waals surface area contributed by atoms with Crippen LogP contribution < -0.4 is 0 Å². The maximum atomic E-state index is 14.2. The maximum Gasteiger partial charge on any atom is 0.408 e. The zero-order valence-electron chi connectivity index (χ0n) is 23.6. The monoisotopic (exact) mass is 519 g/mol. The maximum absolute atomic E-state index is 14.2. The molecule has 3 rings (SSSR count). The minimum absolute atomic E-state index is 0.170. The van der Waals surface area contributed by atoms with Crippen molar-refractivity contribution in [3.8, 4) is 0 Å². The first kappa shape index (κ1) is 29.3. The molecule has 3 aromatic rings. The van der Waals surface area contributed by atoms with Gasteiger partial charge >= 0.3 is 6.09 Å². The molecule has 2 aromatic carbocycles. The summed E-state index contributed by atoms with van der Waals surface area (Å²) < 4.78 is 0. The van der Waals surface area contributed by atoms with Crippen molar-refractivity contribution in [1.29, 1.82) is 0 Å². The number of hydrogen-bond acceptors (Lipinski definition) is 2. The Bertz CT molecular complexity index is 1160. The van der Waals surface area contributed by atoms with Gasteiger partial charge in [0.05, 0.1) is 0 Å². The van der Waals surface area contributed by atoms with Crippen molar-refractivity contribution in [2.45, 2.75) is 90.1 Å². The zero-order chi connectivity index (χ0) is 27.5. The summed E-state index contributed by atoms with van der Waals surface area (Å²) in [5.74, 6) is -0.170. The van der Waals surface area contributed by atoms with E-state index >= 15 is 0 Å². The Hall–Kier alpha value is -3.28. The van der Waals surface area contributed by atoms with Crippen LogP contribution in [-0.2, 0) is 17.6 Å². The van der Waals surface area contributed by atoms with Gasteiger partial charge in [-0.05, 0) is 43.9 Å². The summed E-state index contributed by atoms with van der Waals surface area (Å²) in [6.07, 6.45) is 9.50. The van der Waals surface area contributed by atoms with Crippen LogP contribution in [0.2, 0.25) is 0 Å². The topological polar surface area (TPSA) is 76.6 Å². The number of rotatable bonds is 15. The van der Waals surface area contributed by atoms with E-state index in [1.807, 2.05) is 62.5 Å². The van der Waals surface area contributed by atoms with Crippen molar-refractivity contribution in [2.75, 3.05) is 13.6 Å². The van der Waals surface area contributed by atoms with E-state index in [2.05, 4.69) is 24.0 Å². The summed E-state index contributed by atoms with van der Waals surface area (Å²) in [7, 11) is 1.79. The molecule has 0 aliphatic carbocycles. The highest BCUT2D eigenvalue weighted by Crippen LogP contribution is 2.31. The van der Waals surface area contributed by atoms with Crippen LogP contribution in [0.4, 0.5) is 4.79 Å². The number of nitrogens with zero attached hydrogens (tertiary/aromatic N) is 2. The molecule has 2 N–H and O–H groups in total. The van der Waals surface area contributed by atoms with Crippen molar-refractivity contribution in [2.24, 2.45) is 0 Å². The summed E-state index contributed by atoms with van der Waals surface area (Å²) >= 11 is 0. The standard InChI is InChI=1S/C32H45N3O3/c1-5-6-7-8-9-11-16-25(2)35(31(37)38)32(3,23-27-24-33-29-20-15-14-19-28(27)29)30(36)34(4)22-21-26-17-12-10-13-18-26/h10,12-15,17-20,24-25,33H,5-9,11,16,21-23H2,1-4H3,(H,37,38). The highest BCUT2D eigenvalue weighted by Gasteiger charge is 2.46. The SMILES string of the molecule is CCCCCCCCC(C)N(C(=O)O)C(C)(Cc1c[nH]c2ccccc12)C(=O)N(C)CCc1ccccc1. The van der Waals surface area contributed by atoms with E-state index in [4.69, 9.17) is 0 Å². The minimum atomic E-state index is -1.25. The molecule has 0 spiro atoms. The number of aromatic amines is 1. The molecule has 0 saturated heterocycles. The molecule has 2 unspecified atom stereocenters. The van der Waals surface area contributed by atoms with Crippen LogP contribution in [0.5, 0.6) is 0 Å². The third kappa shape index (κ3) is 7.40. The van der Waals surface area contributed by atoms with Gasteiger partial charge in [0.15, 0.2) is 0 Å². The fourth-order valence-corrected chi connectivity index (χ4v) is 5.60. The largest absolute Gasteiger partial charge is 0.465 e. The van der Waals surface area contributed by atoms with Gasteiger partial charge in [0.2, 0.25) is 5.91 Å². The van der Waals surface area contributed by atoms with Gasteiger partial charge in [-0.15, -0.1) is 0 Å². The van der Waals surface area contributed by atoms with E-state index in [0.717, 1.165) is 41.3 Å². The van der Waals surface area contributed by atoms with Crippen molar-refractivity contribution in [3.63, 3.8) is 0 Å². The average molecular weight is 520 g/mol. The number of carboxylic acid groups (broad SMARTS) is 1. The number of carbonyl (C=O) groups is 2. The lowest BCUT2D eigenvalue weighted by molar-refractivity contribution is -0.142. The van der Waals surface area contributed by atoms with E-state index in [-0.39, 0.29) is 11.9 Å². The number of unbranched alkanes of at least 4 members (excludes halogenated alkanes) is 5. The Labute approximate surface area is 228 Å². The highest BCUT2D eigenvalue weighted by atomic mass is 16.4. The second-order valence-corrected chi connectivity index (χ2v) is 10.8. The first-order valence-electron chi connectivity index (χ1n) is 14.1. The lowest BCUT2D eigenvalue weighted by atomic mass is 9.87. The third-order valence-corrected chi connectivity index (χ3v) is 7.75. The summed E-state index contributed by atoms with van der Waals surface area (Å²) in [5.41, 5.74) is 1.84. The molecule has 2 atom stereocenters. The van der Waals surface area contributed by atoms with Crippen LogP contribution in [-0.4, -0.2) is 57.1 Å². The van der Waals surface area contributed by atoms with Crippen LogP contribution in [0.1, 0.15) is 76.8 Å². The van der Waals surface area contributed by atoms with Crippen molar-refractivity contribution in [1.82, 2.24) is 14.8 Å². The van der Waals surface area contributed by atoms with Gasteiger partial charge in [0, 0.05) is 43.2 Å². The van der Waals surface area contributed by atoms with Crippen molar-refractivity contribution < 1.29 is 14.7 Å². The number of para-hydroxylation sites is 1. The van der Waals surface area contributed by atoms with Gasteiger partial charge in [-0.1, -0.05) is 94.0 Å². The summed E-state index contributed by atoms with van der Waals surface area (Å²) in [6.45, 7) is 6.48. The number of aromatic nitrogens is 1. The second-order valence-electron chi connectivity index (χ2n) is 10.8. The third-order valence-electron chi connectivity index (χ3n) is 7.75. The molecule has 0 aliphatic heterocycles. The van der Waals surface area contributed by atoms with Gasteiger partial charge in [-0.2, -0.15) is 0 Å². The molecular weight excluding hydrogens is 474 g/mol. The fraction of sp³-hybridized carbons (Fsp3) is 0.500. The molecule has 1 heterocycles. The van der Waals surface area contributed by atoms with Crippen LogP contribution >= 0.6 is 0 Å². The molecule has 0 radical (unpaired) electrons. The second kappa shape index (κ2) is 14.0. The highest BCUT2D eigenvalue weighted by molar-refractivity contribution is 5.91. The molecule has 0 bridgehead atoms. The van der Waals surface area contributed by atoms with Crippen LogP contribution in [0, 0.1) is 0 Å². The lowest BCUT2D eigenvalue weighted by Crippen LogP contribution is -2.62. The number of benzene rings is 2. The first-order valence-corrected chi connectivity index (χ1v) is 14.1. The predicted octanol–water partition coefficient (Wildman–Crippen LogP) is 7.29. The van der Waals surface area contributed by atoms with Gasteiger partial charge in [0.1, 0.15) is 5.54 Å². The van der Waals surface area contributed by atoms with E-state index in [0.29, 0.717) is 19.4 Å². The Morgan fingerprint density at radius 1 is 0.974 bits per heavy atom. The number of fused-ring (bicyclic) bond motifs is 1. The summed E-state index contributed by atoms with van der Waals surface area (Å²) in [4.78, 5) is 33.4. The summed E-state index contributed by atoms with van der Waals surface area (Å²) in [6, 6.07) is 17.8. The zero-order valence-corrected chi connectivity index (χ0v) is 23.6. The number of H-pyrrole nitrogens is 1. The molecular formula is C32H45N3O3. The molecule has 0 fully saturated rings. The smallest absolute Gasteiger partial charge is 0.408 e. The van der Waals surface area contributed by atoms with Crippen LogP contribution in [0.25, 0.3) is 10.9 Å². The van der Waals surface area contributed by atoms with Crippen molar-refractivity contribution in [3.05, 3.63) is 71.9 Å². The van der Waals surface area contributed by atoms with E-state index in [1.165, 1.54) is 30.6 Å². The quantitative estimate of drug-likeness (QED) is 0.207. The van der Waals surface area contributed by atoms with Crippen molar-refractivity contribution >= 4 is 22.9 Å². The number of amides is 2. The predicted molar refractivity (Wildman–Crippen MR) is 156 cm³/mol. The van der Waals surface area contributed by atoms with Gasteiger partial charge in [0.25, 0.3) is 0 Å². The minimum Gasteiger partial charge on any atom is -0.465 e. The average Bonchev–Trinajstić information content (AvgIpc) is 3.31. The molecule has 6 nitrogen and oxygen atoms in total. The first-order chi connectivity index (χ1) is 18.3. The van der Waals surface area contributed by atoms with Crippen LogP contribution in [0.3, 0.4) is 0 Å². The van der Waals surface area contributed by atoms with E-state index < -0.39 is 11.6 Å². The number of nitrogens with one attached hydrogen (secondary N) is 1. The van der Waals surface area contributed by atoms with Crippen LogP contribution in [0.15, 0.2) is 60.8 Å². The lowest BCUT2D eigenvalue weighted by Gasteiger charge is -2.44. The molecule has 206 valence electrons. The number of hydrogen-bond donors (Lipinski definition) is 2. The summed E-state index contributed by atoms with van der Waals surface area (Å²) in [5, 5.41) is 11.5. The van der Waals surface area contributed by atoms with E-state index in [9.17, 15) is 14.7 Å². The van der Waals surface area contributed by atoms with E-state index in [1.54, 1.807) is 11.9 Å². The Morgan fingerprint density at radius 3 is 2.34 bits per heavy atom. The molecule has 2 amide bonds. The molecule has 1 aromatic heterocycles. The molecule has 0 saturated carbocycles. The number of carbonyl (C=O) groups excluding carboxylic acids is 1. The molecule has 0 aliphatic rings. The van der Waals surface area contributed by atoms with Gasteiger partial charge in [-0.25, -0.2) is 4.79 Å². The Morgan fingerprint density at radius 2 is 1.63 bits per heavy atom. The normalized spacial score (nSPS) is 13.7. The van der Waals surface area contributed by atoms with Gasteiger partial charge < -0.3 is 15.0 Å². The Balaban J connectivity index is 1.85. The Kier molecular flexibility index (Phi) is 10.8. The molecule has 6 heteroatoms.